The number of rotatable bonds is 0. The summed E-state index contributed by atoms with van der Waals surface area (Å²) >= 11 is 0. The predicted molar refractivity (Wildman–Crippen MR) is 82.7 cm³/mol. The lowest BCUT2D eigenvalue weighted by molar-refractivity contribution is -0.121. The minimum atomic E-state index is -0.0541. The van der Waals surface area contributed by atoms with E-state index in [1.165, 1.54) is 32.1 Å². The van der Waals surface area contributed by atoms with Crippen LogP contribution in [0.4, 0.5) is 0 Å². The molecular weight excluding hydrogens is 260 g/mol. The highest BCUT2D eigenvalue weighted by Crippen LogP contribution is 2.65. The fraction of sp³-hybridized carbons (Fsp3) is 0.947. The summed E-state index contributed by atoms with van der Waals surface area (Å²) in [5.41, 5.74) is 0.755. The Morgan fingerprint density at radius 3 is 2.67 bits per heavy atom. The Labute approximate surface area is 128 Å². The second kappa shape index (κ2) is 4.57. The van der Waals surface area contributed by atoms with E-state index >= 15 is 0 Å². The van der Waals surface area contributed by atoms with E-state index in [9.17, 15) is 9.90 Å². The second-order valence-corrected chi connectivity index (χ2v) is 9.20. The molecule has 4 aliphatic carbocycles. The molecule has 7 unspecified atom stereocenters. The average molecular weight is 290 g/mol. The first-order valence-corrected chi connectivity index (χ1v) is 9.12. The predicted octanol–water partition coefficient (Wildman–Crippen LogP) is 3.96. The van der Waals surface area contributed by atoms with E-state index in [1.54, 1.807) is 0 Å². The van der Waals surface area contributed by atoms with Gasteiger partial charge >= 0.3 is 0 Å². The van der Waals surface area contributed by atoms with Crippen molar-refractivity contribution in [2.24, 2.45) is 34.5 Å². The molecule has 4 aliphatic rings. The third-order valence-corrected chi connectivity index (χ3v) is 8.20. The van der Waals surface area contributed by atoms with Crippen molar-refractivity contribution in [3.63, 3.8) is 0 Å². The first-order valence-electron chi connectivity index (χ1n) is 9.12. The van der Waals surface area contributed by atoms with Gasteiger partial charge in [-0.25, -0.2) is 0 Å². The van der Waals surface area contributed by atoms with Crippen molar-refractivity contribution in [1.29, 1.82) is 0 Å². The molecule has 0 amide bonds. The van der Waals surface area contributed by atoms with E-state index < -0.39 is 0 Å². The summed E-state index contributed by atoms with van der Waals surface area (Å²) in [6, 6.07) is 0. The minimum absolute atomic E-state index is 0.0541. The number of hydrogen-bond acceptors (Lipinski definition) is 2. The van der Waals surface area contributed by atoms with Crippen LogP contribution < -0.4 is 0 Å². The van der Waals surface area contributed by atoms with Gasteiger partial charge in [0, 0.05) is 12.8 Å². The second-order valence-electron chi connectivity index (χ2n) is 9.20. The summed E-state index contributed by atoms with van der Waals surface area (Å²) in [5.74, 6) is 3.51. The molecule has 0 aliphatic heterocycles. The number of ketones is 1. The molecule has 0 heterocycles. The lowest BCUT2D eigenvalue weighted by atomic mass is 9.45. The van der Waals surface area contributed by atoms with Crippen LogP contribution in [0.5, 0.6) is 0 Å². The zero-order valence-electron chi connectivity index (χ0n) is 13.6. The highest BCUT2D eigenvalue weighted by atomic mass is 16.3. The normalized spacial score (nSPS) is 56.5. The number of carbonyl (C=O) groups is 1. The van der Waals surface area contributed by atoms with Crippen LogP contribution in [-0.2, 0) is 4.79 Å². The van der Waals surface area contributed by atoms with Gasteiger partial charge in [-0.2, -0.15) is 0 Å². The Morgan fingerprint density at radius 1 is 1.05 bits per heavy atom. The number of Topliss-reactive ketones (excluding diaryl/α,β-unsaturated/α-hetero) is 1. The molecule has 118 valence electrons. The summed E-state index contributed by atoms with van der Waals surface area (Å²) in [5, 5.41) is 10.0. The van der Waals surface area contributed by atoms with Crippen LogP contribution in [0.15, 0.2) is 0 Å². The van der Waals surface area contributed by atoms with E-state index in [1.807, 2.05) is 0 Å². The molecule has 4 fully saturated rings. The van der Waals surface area contributed by atoms with Crippen molar-refractivity contribution in [2.75, 3.05) is 0 Å². The summed E-state index contributed by atoms with van der Waals surface area (Å²) < 4.78 is 0. The van der Waals surface area contributed by atoms with Gasteiger partial charge in [0.15, 0.2) is 0 Å². The van der Waals surface area contributed by atoms with Gasteiger partial charge < -0.3 is 5.11 Å². The maximum atomic E-state index is 12.1. The smallest absolute Gasteiger partial charge is 0.133 e. The Kier molecular flexibility index (Phi) is 3.10. The van der Waals surface area contributed by atoms with Gasteiger partial charge in [-0.15, -0.1) is 0 Å². The summed E-state index contributed by atoms with van der Waals surface area (Å²) in [6.07, 6.45) is 10.1. The Bertz CT molecular complexity index is 458. The van der Waals surface area contributed by atoms with E-state index in [4.69, 9.17) is 0 Å². The molecule has 0 spiro atoms. The van der Waals surface area contributed by atoms with Crippen molar-refractivity contribution in [2.45, 2.75) is 77.7 Å². The Morgan fingerprint density at radius 2 is 1.86 bits per heavy atom. The van der Waals surface area contributed by atoms with Gasteiger partial charge in [0.2, 0.25) is 0 Å². The Hall–Kier alpha value is -0.370. The van der Waals surface area contributed by atoms with E-state index in [2.05, 4.69) is 13.8 Å². The van der Waals surface area contributed by atoms with Crippen molar-refractivity contribution in [1.82, 2.24) is 0 Å². The van der Waals surface area contributed by atoms with Gasteiger partial charge in [0.25, 0.3) is 0 Å². The fourth-order valence-corrected chi connectivity index (χ4v) is 7.01. The summed E-state index contributed by atoms with van der Waals surface area (Å²) in [4.78, 5) is 12.1. The topological polar surface area (TPSA) is 37.3 Å². The lowest BCUT2D eigenvalue weighted by Gasteiger charge is -2.60. The minimum Gasteiger partial charge on any atom is -0.393 e. The zero-order chi connectivity index (χ0) is 14.8. The van der Waals surface area contributed by atoms with Crippen molar-refractivity contribution < 1.29 is 9.90 Å². The first-order chi connectivity index (χ1) is 9.92. The average Bonchev–Trinajstić information content (AvgIpc) is 2.74. The van der Waals surface area contributed by atoms with Crippen molar-refractivity contribution in [3.05, 3.63) is 0 Å². The number of aliphatic hydroxyl groups is 1. The number of aliphatic hydroxyl groups excluding tert-OH is 1. The van der Waals surface area contributed by atoms with Crippen LogP contribution in [0.1, 0.15) is 71.6 Å². The van der Waals surface area contributed by atoms with Crippen LogP contribution in [0.2, 0.25) is 0 Å². The summed E-state index contributed by atoms with van der Waals surface area (Å²) in [6.45, 7) is 4.90. The number of fused-ring (bicyclic) bond motifs is 5. The van der Waals surface area contributed by atoms with Gasteiger partial charge in [0.1, 0.15) is 5.78 Å². The van der Waals surface area contributed by atoms with Crippen LogP contribution in [0, 0.1) is 34.5 Å². The lowest BCUT2D eigenvalue weighted by Crippen LogP contribution is -2.53. The maximum Gasteiger partial charge on any atom is 0.133 e. The quantitative estimate of drug-likeness (QED) is 0.733. The third kappa shape index (κ3) is 1.97. The standard InChI is InChI=1S/C19H30O2/c1-18-7-6-16-15(17(18)10-14(21)11-18)4-3-12-9-13(20)5-8-19(12,16)2/h12-13,15-17,20H,3-11H2,1-2H3. The molecule has 0 bridgehead atoms. The first kappa shape index (κ1) is 14.2. The van der Waals surface area contributed by atoms with Gasteiger partial charge in [0.05, 0.1) is 6.10 Å². The van der Waals surface area contributed by atoms with Crippen molar-refractivity contribution in [3.8, 4) is 0 Å². The highest BCUT2D eigenvalue weighted by Gasteiger charge is 2.59. The van der Waals surface area contributed by atoms with Crippen LogP contribution in [0.25, 0.3) is 0 Å². The Balaban J connectivity index is 1.63. The highest BCUT2D eigenvalue weighted by molar-refractivity contribution is 5.82. The molecule has 0 saturated heterocycles. The van der Waals surface area contributed by atoms with Gasteiger partial charge in [-0.1, -0.05) is 13.8 Å². The summed E-state index contributed by atoms with van der Waals surface area (Å²) in [7, 11) is 0. The van der Waals surface area contributed by atoms with E-state index in [-0.39, 0.29) is 6.10 Å². The molecule has 0 aromatic heterocycles. The van der Waals surface area contributed by atoms with E-state index in [0.717, 1.165) is 43.4 Å². The van der Waals surface area contributed by atoms with Gasteiger partial charge in [-0.05, 0) is 79.4 Å². The molecule has 1 N–H and O–H groups in total. The molecule has 0 aromatic carbocycles. The molecule has 0 aromatic rings. The molecule has 0 radical (unpaired) electrons. The molecule has 4 saturated carbocycles. The molecule has 7 atom stereocenters. The van der Waals surface area contributed by atoms with Crippen molar-refractivity contribution >= 4 is 5.78 Å². The molecule has 2 nitrogen and oxygen atoms in total. The number of carbonyl (C=O) groups excluding carboxylic acids is 1. The van der Waals surface area contributed by atoms with Crippen LogP contribution in [-0.4, -0.2) is 17.0 Å². The van der Waals surface area contributed by atoms with Crippen LogP contribution >= 0.6 is 0 Å². The fourth-order valence-electron chi connectivity index (χ4n) is 7.01. The molecular formula is C19H30O2. The molecule has 21 heavy (non-hydrogen) atoms. The van der Waals surface area contributed by atoms with Gasteiger partial charge in [-0.3, -0.25) is 4.79 Å². The van der Waals surface area contributed by atoms with Crippen LogP contribution in [0.3, 0.4) is 0 Å². The third-order valence-electron chi connectivity index (χ3n) is 8.20. The molecule has 4 rings (SSSR count). The zero-order valence-corrected chi connectivity index (χ0v) is 13.6. The largest absolute Gasteiger partial charge is 0.393 e. The van der Waals surface area contributed by atoms with E-state index in [0.29, 0.717) is 22.5 Å². The molecule has 2 heteroatoms. The monoisotopic (exact) mass is 290 g/mol. The maximum absolute atomic E-state index is 12.1. The SMILES string of the molecule is CC12CCC3C(CCC4CC(O)CCC43C)C1CC(=O)C2. The number of hydrogen-bond donors (Lipinski definition) is 1.